The van der Waals surface area contributed by atoms with E-state index < -0.39 is 0 Å². The fourth-order valence-corrected chi connectivity index (χ4v) is 1.66. The maximum Gasteiger partial charge on any atom is 0.180 e. The first-order valence-corrected chi connectivity index (χ1v) is 4.88. The maximum atomic E-state index is 5.54. The number of pyridine rings is 1. The summed E-state index contributed by atoms with van der Waals surface area (Å²) in [6, 6.07) is 1.88. The average molecular weight is 207 g/mol. The first kappa shape index (κ1) is 8.96. The molecule has 2 N–H and O–H groups in total. The molecule has 5 heteroatoms. The van der Waals surface area contributed by atoms with Crippen LogP contribution in [0.15, 0.2) is 23.8 Å². The van der Waals surface area contributed by atoms with Crippen molar-refractivity contribution in [3.05, 3.63) is 23.8 Å². The second-order valence-electron chi connectivity index (χ2n) is 2.68. The van der Waals surface area contributed by atoms with Crippen molar-refractivity contribution in [2.24, 2.45) is 0 Å². The van der Waals surface area contributed by atoms with Crippen LogP contribution in [0, 0.1) is 0 Å². The Balaban J connectivity index is 2.41. The Bertz CT molecular complexity index is 441. The lowest BCUT2D eigenvalue weighted by molar-refractivity contribution is 0.413. The molecule has 0 fully saturated rings. The van der Waals surface area contributed by atoms with Crippen molar-refractivity contribution in [2.75, 3.05) is 12.8 Å². The van der Waals surface area contributed by atoms with Crippen LogP contribution in [0.2, 0.25) is 0 Å². The Morgan fingerprint density at radius 3 is 2.93 bits per heavy atom. The Morgan fingerprint density at radius 2 is 2.29 bits per heavy atom. The van der Waals surface area contributed by atoms with E-state index in [4.69, 9.17) is 10.5 Å². The van der Waals surface area contributed by atoms with Crippen LogP contribution >= 0.6 is 11.3 Å². The minimum absolute atomic E-state index is 0.558. The van der Waals surface area contributed by atoms with Gasteiger partial charge in [0.25, 0.3) is 0 Å². The lowest BCUT2D eigenvalue weighted by atomic mass is 10.2. The standard InChI is InChI=1S/C9H9N3OS/c1-13-7-2-6(3-11-4-7)8-5-14-9(10)12-8/h2-5H,1H3,(H2,10,12). The smallest absolute Gasteiger partial charge is 0.180 e. The number of nitrogen functional groups attached to an aromatic ring is 1. The number of nitrogens with zero attached hydrogens (tertiary/aromatic N) is 2. The predicted molar refractivity (Wildman–Crippen MR) is 56.3 cm³/mol. The molecule has 0 spiro atoms. The fraction of sp³-hybridized carbons (Fsp3) is 0.111. The highest BCUT2D eigenvalue weighted by Gasteiger charge is 2.03. The van der Waals surface area contributed by atoms with E-state index in [1.54, 1.807) is 19.5 Å². The first-order valence-electron chi connectivity index (χ1n) is 4.00. The number of ether oxygens (including phenoxy) is 1. The summed E-state index contributed by atoms with van der Waals surface area (Å²) in [5, 5.41) is 2.45. The van der Waals surface area contributed by atoms with Crippen LogP contribution in [-0.2, 0) is 0 Å². The summed E-state index contributed by atoms with van der Waals surface area (Å²) in [7, 11) is 1.61. The van der Waals surface area contributed by atoms with Gasteiger partial charge in [-0.2, -0.15) is 0 Å². The largest absolute Gasteiger partial charge is 0.495 e. The first-order chi connectivity index (χ1) is 6.79. The lowest BCUT2D eigenvalue weighted by Crippen LogP contribution is -1.87. The number of anilines is 1. The molecule has 0 aliphatic carbocycles. The van der Waals surface area contributed by atoms with E-state index in [0.29, 0.717) is 10.9 Å². The predicted octanol–water partition coefficient (Wildman–Crippen LogP) is 1.80. The third-order valence-corrected chi connectivity index (χ3v) is 2.44. The third-order valence-electron chi connectivity index (χ3n) is 1.77. The van der Waals surface area contributed by atoms with Gasteiger partial charge < -0.3 is 10.5 Å². The van der Waals surface area contributed by atoms with Gasteiger partial charge in [-0.1, -0.05) is 0 Å². The molecule has 0 amide bonds. The van der Waals surface area contributed by atoms with Crippen LogP contribution in [0.1, 0.15) is 0 Å². The van der Waals surface area contributed by atoms with Crippen molar-refractivity contribution in [3.63, 3.8) is 0 Å². The third kappa shape index (κ3) is 1.67. The lowest BCUT2D eigenvalue weighted by Gasteiger charge is -2.00. The summed E-state index contributed by atoms with van der Waals surface area (Å²) in [6.45, 7) is 0. The quantitative estimate of drug-likeness (QED) is 0.815. The van der Waals surface area contributed by atoms with Gasteiger partial charge in [-0.05, 0) is 6.07 Å². The summed E-state index contributed by atoms with van der Waals surface area (Å²) in [5.41, 5.74) is 7.29. The molecule has 2 aromatic rings. The normalized spacial score (nSPS) is 10.1. The summed E-state index contributed by atoms with van der Waals surface area (Å²) >= 11 is 1.41. The summed E-state index contributed by atoms with van der Waals surface area (Å²) in [4.78, 5) is 8.20. The molecular formula is C9H9N3OS. The molecule has 2 aromatic heterocycles. The number of hydrogen-bond acceptors (Lipinski definition) is 5. The van der Waals surface area contributed by atoms with Crippen molar-refractivity contribution in [2.45, 2.75) is 0 Å². The van der Waals surface area contributed by atoms with Gasteiger partial charge in [0.05, 0.1) is 19.0 Å². The highest BCUT2D eigenvalue weighted by atomic mass is 32.1. The van der Waals surface area contributed by atoms with Crippen LogP contribution in [-0.4, -0.2) is 17.1 Å². The molecule has 14 heavy (non-hydrogen) atoms. The Hall–Kier alpha value is -1.62. The zero-order valence-electron chi connectivity index (χ0n) is 7.60. The SMILES string of the molecule is COc1cncc(-c2csc(N)n2)c1. The van der Waals surface area contributed by atoms with Crippen LogP contribution in [0.4, 0.5) is 5.13 Å². The van der Waals surface area contributed by atoms with E-state index in [1.165, 1.54) is 11.3 Å². The van der Waals surface area contributed by atoms with Crippen LogP contribution in [0.25, 0.3) is 11.3 Å². The molecule has 0 saturated heterocycles. The molecular weight excluding hydrogens is 198 g/mol. The van der Waals surface area contributed by atoms with Crippen molar-refractivity contribution in [1.29, 1.82) is 0 Å². The highest BCUT2D eigenvalue weighted by Crippen LogP contribution is 2.24. The Labute approximate surface area is 85.4 Å². The minimum Gasteiger partial charge on any atom is -0.495 e. The van der Waals surface area contributed by atoms with Gasteiger partial charge in [0.15, 0.2) is 5.13 Å². The van der Waals surface area contributed by atoms with Crippen LogP contribution < -0.4 is 10.5 Å². The topological polar surface area (TPSA) is 61.0 Å². The van der Waals surface area contributed by atoms with E-state index in [2.05, 4.69) is 9.97 Å². The van der Waals surface area contributed by atoms with Gasteiger partial charge in [0.1, 0.15) is 5.75 Å². The van der Waals surface area contributed by atoms with Crippen molar-refractivity contribution >= 4 is 16.5 Å². The second-order valence-corrected chi connectivity index (χ2v) is 3.57. The van der Waals surface area contributed by atoms with Gasteiger partial charge in [0.2, 0.25) is 0 Å². The monoisotopic (exact) mass is 207 g/mol. The highest BCUT2D eigenvalue weighted by molar-refractivity contribution is 7.13. The molecule has 0 atom stereocenters. The summed E-state index contributed by atoms with van der Waals surface area (Å²) < 4.78 is 5.07. The van der Waals surface area contributed by atoms with Crippen molar-refractivity contribution < 1.29 is 4.74 Å². The van der Waals surface area contributed by atoms with Crippen molar-refractivity contribution in [3.8, 4) is 17.0 Å². The van der Waals surface area contributed by atoms with Crippen molar-refractivity contribution in [1.82, 2.24) is 9.97 Å². The number of hydrogen-bond donors (Lipinski definition) is 1. The molecule has 4 nitrogen and oxygen atoms in total. The molecule has 0 bridgehead atoms. The molecule has 0 aliphatic rings. The number of rotatable bonds is 2. The molecule has 0 aromatic carbocycles. The summed E-state index contributed by atoms with van der Waals surface area (Å²) in [5.74, 6) is 0.717. The van der Waals surface area contributed by atoms with Gasteiger partial charge >= 0.3 is 0 Å². The number of nitrogens with two attached hydrogens (primary N) is 1. The minimum atomic E-state index is 0.558. The molecule has 0 radical (unpaired) electrons. The van der Waals surface area contributed by atoms with E-state index in [1.807, 2.05) is 11.4 Å². The van der Waals surface area contributed by atoms with Gasteiger partial charge in [-0.15, -0.1) is 11.3 Å². The average Bonchev–Trinajstić information content (AvgIpc) is 2.65. The van der Waals surface area contributed by atoms with Gasteiger partial charge in [0, 0.05) is 17.1 Å². The zero-order valence-corrected chi connectivity index (χ0v) is 8.41. The Kier molecular flexibility index (Phi) is 2.32. The molecule has 2 rings (SSSR count). The van der Waals surface area contributed by atoms with E-state index in [9.17, 15) is 0 Å². The van der Waals surface area contributed by atoms with Gasteiger partial charge in [-0.3, -0.25) is 4.98 Å². The number of aromatic nitrogens is 2. The maximum absolute atomic E-state index is 5.54. The molecule has 0 aliphatic heterocycles. The molecule has 2 heterocycles. The van der Waals surface area contributed by atoms with E-state index >= 15 is 0 Å². The Morgan fingerprint density at radius 1 is 1.43 bits per heavy atom. The molecule has 0 unspecified atom stereocenters. The number of thiazole rings is 1. The second kappa shape index (κ2) is 3.63. The van der Waals surface area contributed by atoms with Crippen LogP contribution in [0.5, 0.6) is 5.75 Å². The van der Waals surface area contributed by atoms with E-state index in [0.717, 1.165) is 11.3 Å². The van der Waals surface area contributed by atoms with Gasteiger partial charge in [-0.25, -0.2) is 4.98 Å². The van der Waals surface area contributed by atoms with Crippen LogP contribution in [0.3, 0.4) is 0 Å². The summed E-state index contributed by atoms with van der Waals surface area (Å²) in [6.07, 6.45) is 3.39. The number of methoxy groups -OCH3 is 1. The molecule has 72 valence electrons. The fourth-order valence-electron chi connectivity index (χ4n) is 1.09. The zero-order chi connectivity index (χ0) is 9.97. The molecule has 0 saturated carbocycles. The van der Waals surface area contributed by atoms with E-state index in [-0.39, 0.29) is 0 Å².